The molecule has 178 valence electrons. The number of nitro groups is 1. The molecule has 0 atom stereocenters. The van der Waals surface area contributed by atoms with Crippen molar-refractivity contribution in [3.63, 3.8) is 0 Å². The largest absolute Gasteiger partial charge is 0.507 e. The summed E-state index contributed by atoms with van der Waals surface area (Å²) in [5.74, 6) is -0.891. The summed E-state index contributed by atoms with van der Waals surface area (Å²) in [5, 5.41) is 23.9. The van der Waals surface area contributed by atoms with Crippen molar-refractivity contribution in [2.75, 3.05) is 5.32 Å². The van der Waals surface area contributed by atoms with E-state index in [2.05, 4.69) is 10.3 Å². The number of carbonyl (C=O) groups is 1. The first-order valence-corrected chi connectivity index (χ1v) is 10.1. The van der Waals surface area contributed by atoms with Gasteiger partial charge in [0.1, 0.15) is 11.4 Å². The second kappa shape index (κ2) is 8.93. The van der Waals surface area contributed by atoms with E-state index >= 15 is 0 Å². The summed E-state index contributed by atoms with van der Waals surface area (Å²) in [5.41, 5.74) is 0.305. The first-order valence-electron chi connectivity index (χ1n) is 10.1. The number of hydrogen-bond acceptors (Lipinski definition) is 6. The van der Waals surface area contributed by atoms with Gasteiger partial charge < -0.3 is 9.52 Å². The number of oxazole rings is 1. The van der Waals surface area contributed by atoms with Crippen LogP contribution in [0.15, 0.2) is 71.1 Å². The molecule has 0 unspecified atom stereocenters. The molecule has 1 aromatic heterocycles. The van der Waals surface area contributed by atoms with Crippen LogP contribution in [0.4, 0.5) is 24.7 Å². The first-order chi connectivity index (χ1) is 16.5. The summed E-state index contributed by atoms with van der Waals surface area (Å²) in [6, 6.07) is 14.4. The lowest BCUT2D eigenvalue weighted by molar-refractivity contribution is -0.384. The maximum Gasteiger partial charge on any atom is 0.416 e. The minimum absolute atomic E-state index is 0.0111. The third-order valence-electron chi connectivity index (χ3n) is 5.04. The predicted octanol–water partition coefficient (Wildman–Crippen LogP) is 6.27. The molecule has 0 aliphatic heterocycles. The third kappa shape index (κ3) is 4.83. The number of phenols is 1. The Labute approximate surface area is 195 Å². The van der Waals surface area contributed by atoms with Crippen LogP contribution < -0.4 is 5.32 Å². The molecule has 0 spiro atoms. The fraction of sp³-hybridized carbons (Fsp3) is 0.0833. The number of alkyl halides is 3. The predicted molar refractivity (Wildman–Crippen MR) is 120 cm³/mol. The third-order valence-corrected chi connectivity index (χ3v) is 5.04. The van der Waals surface area contributed by atoms with Crippen molar-refractivity contribution >= 4 is 17.5 Å². The number of nitro benzene ring substituents is 1. The van der Waals surface area contributed by atoms with Crippen LogP contribution in [0.5, 0.6) is 5.75 Å². The maximum absolute atomic E-state index is 13.0. The number of amides is 1. The van der Waals surface area contributed by atoms with E-state index in [0.29, 0.717) is 11.1 Å². The molecule has 4 rings (SSSR count). The van der Waals surface area contributed by atoms with E-state index in [1.165, 1.54) is 31.2 Å². The lowest BCUT2D eigenvalue weighted by Gasteiger charge is -2.08. The zero-order valence-corrected chi connectivity index (χ0v) is 18.0. The average Bonchev–Trinajstić information content (AvgIpc) is 3.21. The van der Waals surface area contributed by atoms with Crippen LogP contribution in [0.1, 0.15) is 12.5 Å². The lowest BCUT2D eigenvalue weighted by Crippen LogP contribution is -2.06. The highest BCUT2D eigenvalue weighted by atomic mass is 19.4. The van der Waals surface area contributed by atoms with Crippen molar-refractivity contribution in [3.8, 4) is 39.6 Å². The van der Waals surface area contributed by atoms with Crippen molar-refractivity contribution in [2.24, 2.45) is 0 Å². The SMILES string of the molecule is CC(=O)Nc1oc(-c2ccccc2-c2ccc([N+](=O)[O-])cc2O)nc1-c1ccc(C(F)(F)F)cc1. The molecule has 0 fully saturated rings. The fourth-order valence-electron chi connectivity index (χ4n) is 3.46. The number of benzene rings is 3. The summed E-state index contributed by atoms with van der Waals surface area (Å²) < 4.78 is 44.6. The van der Waals surface area contributed by atoms with Gasteiger partial charge in [0.25, 0.3) is 5.69 Å². The van der Waals surface area contributed by atoms with E-state index in [1.807, 2.05) is 0 Å². The van der Waals surface area contributed by atoms with Gasteiger partial charge in [0.05, 0.1) is 16.6 Å². The molecule has 3 aromatic carbocycles. The number of nitrogens with one attached hydrogen (secondary N) is 1. The second-order valence-corrected chi connectivity index (χ2v) is 7.46. The molecule has 2 N–H and O–H groups in total. The van der Waals surface area contributed by atoms with E-state index < -0.39 is 22.6 Å². The molecule has 1 heterocycles. The molecule has 35 heavy (non-hydrogen) atoms. The Balaban J connectivity index is 1.83. The number of phenolic OH excluding ortho intramolecular Hbond substituents is 1. The number of rotatable bonds is 5. The number of anilines is 1. The topological polar surface area (TPSA) is 118 Å². The van der Waals surface area contributed by atoms with Gasteiger partial charge in [-0.3, -0.25) is 20.2 Å². The molecule has 0 saturated carbocycles. The van der Waals surface area contributed by atoms with Crippen molar-refractivity contribution in [2.45, 2.75) is 13.1 Å². The van der Waals surface area contributed by atoms with Gasteiger partial charge in [-0.1, -0.05) is 30.3 Å². The molecule has 0 aliphatic rings. The van der Waals surface area contributed by atoms with Crippen molar-refractivity contribution in [1.29, 1.82) is 0 Å². The van der Waals surface area contributed by atoms with E-state index in [1.54, 1.807) is 24.3 Å². The highest BCUT2D eigenvalue weighted by Gasteiger charge is 2.30. The van der Waals surface area contributed by atoms with E-state index in [0.717, 1.165) is 18.2 Å². The number of hydrogen-bond donors (Lipinski definition) is 2. The number of non-ortho nitro benzene ring substituents is 1. The Morgan fingerprint density at radius 1 is 1.03 bits per heavy atom. The van der Waals surface area contributed by atoms with Crippen LogP contribution >= 0.6 is 0 Å². The van der Waals surface area contributed by atoms with E-state index in [9.17, 15) is 33.2 Å². The molecule has 0 bridgehead atoms. The van der Waals surface area contributed by atoms with Crippen molar-refractivity contribution in [1.82, 2.24) is 4.98 Å². The molecule has 8 nitrogen and oxygen atoms in total. The first kappa shape index (κ1) is 23.5. The number of halogens is 3. The molecule has 11 heteroatoms. The summed E-state index contributed by atoms with van der Waals surface area (Å²) in [4.78, 5) is 26.5. The van der Waals surface area contributed by atoms with Crippen LogP contribution in [-0.2, 0) is 11.0 Å². The van der Waals surface area contributed by atoms with E-state index in [-0.39, 0.29) is 40.0 Å². The zero-order chi connectivity index (χ0) is 25.3. The Hall–Kier alpha value is -4.67. The molecule has 4 aromatic rings. The normalized spacial score (nSPS) is 11.3. The van der Waals surface area contributed by atoms with Gasteiger partial charge in [0.15, 0.2) is 0 Å². The molecular formula is C24H16F3N3O5. The number of aromatic nitrogens is 1. The number of nitrogens with zero attached hydrogens (tertiary/aromatic N) is 2. The molecular weight excluding hydrogens is 467 g/mol. The van der Waals surface area contributed by atoms with Gasteiger partial charge >= 0.3 is 6.18 Å². The van der Waals surface area contributed by atoms with Crippen LogP contribution in [-0.4, -0.2) is 20.9 Å². The maximum atomic E-state index is 13.0. The Morgan fingerprint density at radius 3 is 2.26 bits per heavy atom. The smallest absolute Gasteiger partial charge is 0.416 e. The van der Waals surface area contributed by atoms with Crippen LogP contribution in [0.3, 0.4) is 0 Å². The second-order valence-electron chi connectivity index (χ2n) is 7.46. The summed E-state index contributed by atoms with van der Waals surface area (Å²) in [6.45, 7) is 1.24. The highest BCUT2D eigenvalue weighted by molar-refractivity contribution is 5.92. The minimum atomic E-state index is -4.51. The van der Waals surface area contributed by atoms with Gasteiger partial charge in [0.2, 0.25) is 17.7 Å². The zero-order valence-electron chi connectivity index (χ0n) is 18.0. The van der Waals surface area contributed by atoms with Gasteiger partial charge in [0, 0.05) is 29.7 Å². The molecule has 0 radical (unpaired) electrons. The molecule has 1 amide bonds. The van der Waals surface area contributed by atoms with Gasteiger partial charge in [-0.25, -0.2) is 4.98 Å². The molecule has 0 aliphatic carbocycles. The van der Waals surface area contributed by atoms with Crippen molar-refractivity contribution < 1.29 is 32.4 Å². The van der Waals surface area contributed by atoms with Crippen LogP contribution in [0, 0.1) is 10.1 Å². The van der Waals surface area contributed by atoms with E-state index in [4.69, 9.17) is 4.42 Å². The van der Waals surface area contributed by atoms with Crippen LogP contribution in [0.25, 0.3) is 33.8 Å². The Morgan fingerprint density at radius 2 is 1.69 bits per heavy atom. The average molecular weight is 483 g/mol. The summed E-state index contributed by atoms with van der Waals surface area (Å²) >= 11 is 0. The standard InChI is InChI=1S/C24H16F3N3O5/c1-13(31)28-23-21(14-6-8-15(9-7-14)24(25,26)27)29-22(35-23)19-5-3-2-4-17(19)18-11-10-16(30(33)34)12-20(18)32/h2-12,32H,1H3,(H,28,31). The van der Waals surface area contributed by atoms with Gasteiger partial charge in [-0.05, 0) is 29.8 Å². The monoisotopic (exact) mass is 483 g/mol. The Kier molecular flexibility index (Phi) is 6.00. The molecule has 0 saturated heterocycles. The summed E-state index contributed by atoms with van der Waals surface area (Å²) in [7, 11) is 0. The Bertz CT molecular complexity index is 1430. The van der Waals surface area contributed by atoms with Crippen LogP contribution in [0.2, 0.25) is 0 Å². The van der Waals surface area contributed by atoms with Gasteiger partial charge in [-0.15, -0.1) is 0 Å². The lowest BCUT2D eigenvalue weighted by atomic mass is 9.98. The summed E-state index contributed by atoms with van der Waals surface area (Å²) in [6.07, 6.45) is -4.51. The van der Waals surface area contributed by atoms with Gasteiger partial charge in [-0.2, -0.15) is 13.2 Å². The fourth-order valence-corrected chi connectivity index (χ4v) is 3.46. The van der Waals surface area contributed by atoms with Crippen molar-refractivity contribution in [3.05, 3.63) is 82.4 Å². The highest BCUT2D eigenvalue weighted by Crippen LogP contribution is 2.41. The number of aromatic hydroxyl groups is 1. The quantitative estimate of drug-likeness (QED) is 0.255. The number of carbonyl (C=O) groups excluding carboxylic acids is 1. The minimum Gasteiger partial charge on any atom is -0.507 e.